The summed E-state index contributed by atoms with van der Waals surface area (Å²) >= 11 is 6.01. The van der Waals surface area contributed by atoms with Crippen LogP contribution in [0.15, 0.2) is 18.2 Å². The van der Waals surface area contributed by atoms with Crippen molar-refractivity contribution >= 4 is 23.2 Å². The van der Waals surface area contributed by atoms with Gasteiger partial charge in [-0.1, -0.05) is 24.4 Å². The minimum absolute atomic E-state index is 0.155. The number of nitrogens with two attached hydrogens (primary N) is 1. The number of hydrogen-bond acceptors (Lipinski definition) is 3. The molecule has 0 bridgehead atoms. The van der Waals surface area contributed by atoms with E-state index >= 15 is 0 Å². The van der Waals surface area contributed by atoms with Crippen molar-refractivity contribution in [2.75, 3.05) is 31.9 Å². The quantitative estimate of drug-likeness (QED) is 0.839. The smallest absolute Gasteiger partial charge is 0.252 e. The Balaban J connectivity index is 1.81. The molecule has 1 aliphatic heterocycles. The van der Waals surface area contributed by atoms with Crippen molar-refractivity contribution in [1.82, 2.24) is 10.2 Å². The molecule has 4 nitrogen and oxygen atoms in total. The predicted molar refractivity (Wildman–Crippen MR) is 83.1 cm³/mol. The third kappa shape index (κ3) is 4.39. The van der Waals surface area contributed by atoms with Crippen LogP contribution in [0.2, 0.25) is 5.02 Å². The Morgan fingerprint density at radius 1 is 1.25 bits per heavy atom. The zero-order chi connectivity index (χ0) is 14.4. The highest BCUT2D eigenvalue weighted by atomic mass is 35.5. The van der Waals surface area contributed by atoms with Crippen molar-refractivity contribution < 1.29 is 4.79 Å². The maximum absolute atomic E-state index is 12.1. The molecular weight excluding hydrogens is 274 g/mol. The first kappa shape index (κ1) is 15.1. The molecular formula is C15H22ClN3O. The van der Waals surface area contributed by atoms with E-state index in [1.165, 1.54) is 25.7 Å². The second kappa shape index (κ2) is 7.50. The Morgan fingerprint density at radius 3 is 2.65 bits per heavy atom. The monoisotopic (exact) mass is 295 g/mol. The number of likely N-dealkylation sites (tertiary alicyclic amines) is 1. The van der Waals surface area contributed by atoms with Gasteiger partial charge in [-0.3, -0.25) is 4.79 Å². The molecule has 0 radical (unpaired) electrons. The highest BCUT2D eigenvalue weighted by molar-refractivity contribution is 6.34. The average Bonchev–Trinajstić information content (AvgIpc) is 2.70. The maximum atomic E-state index is 12.1. The molecule has 1 aromatic rings. The van der Waals surface area contributed by atoms with Gasteiger partial charge in [-0.2, -0.15) is 0 Å². The third-order valence-corrected chi connectivity index (χ3v) is 3.98. The van der Waals surface area contributed by atoms with Crippen molar-refractivity contribution in [1.29, 1.82) is 0 Å². The highest BCUT2D eigenvalue weighted by Gasteiger charge is 2.12. The lowest BCUT2D eigenvalue weighted by molar-refractivity contribution is 0.0948. The number of carbonyl (C=O) groups excluding carboxylic acids is 1. The van der Waals surface area contributed by atoms with Gasteiger partial charge in [-0.25, -0.2) is 0 Å². The van der Waals surface area contributed by atoms with Gasteiger partial charge in [0.1, 0.15) is 0 Å². The molecule has 0 atom stereocenters. The molecule has 110 valence electrons. The summed E-state index contributed by atoms with van der Waals surface area (Å²) in [7, 11) is 0. The molecule has 1 aliphatic rings. The maximum Gasteiger partial charge on any atom is 0.252 e. The summed E-state index contributed by atoms with van der Waals surface area (Å²) in [5.41, 5.74) is 6.68. The fraction of sp³-hybridized carbons (Fsp3) is 0.533. The summed E-state index contributed by atoms with van der Waals surface area (Å²) in [4.78, 5) is 14.5. The van der Waals surface area contributed by atoms with E-state index < -0.39 is 0 Å². The van der Waals surface area contributed by atoms with Crippen LogP contribution in [0.5, 0.6) is 0 Å². The summed E-state index contributed by atoms with van der Waals surface area (Å²) < 4.78 is 0. The largest absolute Gasteiger partial charge is 0.399 e. The molecule has 5 heteroatoms. The minimum Gasteiger partial charge on any atom is -0.399 e. The molecule has 1 fully saturated rings. The van der Waals surface area contributed by atoms with Gasteiger partial charge in [0.05, 0.1) is 10.6 Å². The topological polar surface area (TPSA) is 58.4 Å². The minimum atomic E-state index is -0.155. The van der Waals surface area contributed by atoms with Gasteiger partial charge in [0.15, 0.2) is 0 Å². The van der Waals surface area contributed by atoms with Crippen LogP contribution in [0.1, 0.15) is 36.0 Å². The number of nitrogen functional groups attached to an aromatic ring is 1. The van der Waals surface area contributed by atoms with Crippen LogP contribution >= 0.6 is 11.6 Å². The summed E-state index contributed by atoms with van der Waals surface area (Å²) in [5.74, 6) is -0.155. The van der Waals surface area contributed by atoms with E-state index in [1.807, 2.05) is 0 Å². The third-order valence-electron chi connectivity index (χ3n) is 3.65. The average molecular weight is 296 g/mol. The Labute approximate surface area is 125 Å². The molecule has 0 aromatic heterocycles. The number of carbonyl (C=O) groups is 1. The molecule has 0 aliphatic carbocycles. The molecule has 1 heterocycles. The number of hydrogen-bond donors (Lipinski definition) is 2. The molecule has 3 N–H and O–H groups in total. The number of anilines is 1. The number of rotatable bonds is 4. The van der Waals surface area contributed by atoms with Crippen LogP contribution in [0.4, 0.5) is 5.69 Å². The zero-order valence-corrected chi connectivity index (χ0v) is 12.5. The normalized spacial score (nSPS) is 16.6. The summed E-state index contributed by atoms with van der Waals surface area (Å²) in [6.07, 6.45) is 5.16. The predicted octanol–water partition coefficient (Wildman–Crippen LogP) is 2.53. The second-order valence-corrected chi connectivity index (χ2v) is 5.66. The lowest BCUT2D eigenvalue weighted by Gasteiger charge is -2.19. The van der Waals surface area contributed by atoms with Crippen LogP contribution in [-0.2, 0) is 0 Å². The fourth-order valence-electron chi connectivity index (χ4n) is 2.50. The summed E-state index contributed by atoms with van der Waals surface area (Å²) in [6.45, 7) is 3.81. The first-order valence-electron chi connectivity index (χ1n) is 7.22. The van der Waals surface area contributed by atoms with Gasteiger partial charge < -0.3 is 16.0 Å². The van der Waals surface area contributed by atoms with E-state index in [4.69, 9.17) is 17.3 Å². The lowest BCUT2D eigenvalue weighted by atomic mass is 10.2. The van der Waals surface area contributed by atoms with Crippen molar-refractivity contribution in [3.8, 4) is 0 Å². The summed E-state index contributed by atoms with van der Waals surface area (Å²) in [5, 5.41) is 3.35. The Bertz CT molecular complexity index is 456. The van der Waals surface area contributed by atoms with Crippen molar-refractivity contribution in [3.63, 3.8) is 0 Å². The fourth-order valence-corrected chi connectivity index (χ4v) is 2.70. The number of halogens is 1. The van der Waals surface area contributed by atoms with Crippen molar-refractivity contribution in [2.45, 2.75) is 25.7 Å². The van der Waals surface area contributed by atoms with Gasteiger partial charge in [0.25, 0.3) is 5.91 Å². The molecule has 1 saturated heterocycles. The number of nitrogens with one attached hydrogen (secondary N) is 1. The Hall–Kier alpha value is -1.26. The van der Waals surface area contributed by atoms with E-state index in [0.29, 0.717) is 22.8 Å². The SMILES string of the molecule is Nc1ccc(Cl)c(C(=O)NCCN2CCCCCC2)c1. The Morgan fingerprint density at radius 2 is 1.95 bits per heavy atom. The highest BCUT2D eigenvalue weighted by Crippen LogP contribution is 2.18. The number of benzene rings is 1. The van der Waals surface area contributed by atoms with E-state index in [2.05, 4.69) is 10.2 Å². The van der Waals surface area contributed by atoms with Crippen LogP contribution < -0.4 is 11.1 Å². The van der Waals surface area contributed by atoms with Crippen LogP contribution in [0.3, 0.4) is 0 Å². The molecule has 2 rings (SSSR count). The van der Waals surface area contributed by atoms with Gasteiger partial charge >= 0.3 is 0 Å². The Kier molecular flexibility index (Phi) is 5.68. The first-order valence-corrected chi connectivity index (χ1v) is 7.60. The van der Waals surface area contributed by atoms with E-state index in [9.17, 15) is 4.79 Å². The standard InChI is InChI=1S/C15H22ClN3O/c16-14-6-5-12(17)11-13(14)15(20)18-7-10-19-8-3-1-2-4-9-19/h5-6,11H,1-4,7-10,17H2,(H,18,20). The van der Waals surface area contributed by atoms with Crippen molar-refractivity contribution in [3.05, 3.63) is 28.8 Å². The van der Waals surface area contributed by atoms with Gasteiger partial charge in [-0.15, -0.1) is 0 Å². The van der Waals surface area contributed by atoms with Gasteiger partial charge in [-0.05, 0) is 44.1 Å². The molecule has 0 saturated carbocycles. The van der Waals surface area contributed by atoms with E-state index in [0.717, 1.165) is 19.6 Å². The van der Waals surface area contributed by atoms with E-state index in [1.54, 1.807) is 18.2 Å². The molecule has 0 spiro atoms. The molecule has 20 heavy (non-hydrogen) atoms. The number of nitrogens with zero attached hydrogens (tertiary/aromatic N) is 1. The zero-order valence-electron chi connectivity index (χ0n) is 11.7. The molecule has 0 unspecified atom stereocenters. The van der Waals surface area contributed by atoms with Crippen LogP contribution in [-0.4, -0.2) is 37.0 Å². The van der Waals surface area contributed by atoms with Crippen molar-refractivity contribution in [2.24, 2.45) is 0 Å². The molecule has 1 amide bonds. The van der Waals surface area contributed by atoms with E-state index in [-0.39, 0.29) is 5.91 Å². The molecule has 1 aromatic carbocycles. The van der Waals surface area contributed by atoms with Crippen LogP contribution in [0.25, 0.3) is 0 Å². The summed E-state index contributed by atoms with van der Waals surface area (Å²) in [6, 6.07) is 4.96. The van der Waals surface area contributed by atoms with Gasteiger partial charge in [0, 0.05) is 18.8 Å². The van der Waals surface area contributed by atoms with Crippen LogP contribution in [0, 0.1) is 0 Å². The number of amides is 1. The second-order valence-electron chi connectivity index (χ2n) is 5.25. The first-order chi connectivity index (χ1) is 9.66. The lowest BCUT2D eigenvalue weighted by Crippen LogP contribution is -2.35. The van der Waals surface area contributed by atoms with Gasteiger partial charge in [0.2, 0.25) is 0 Å².